The number of hydrogen-bond acceptors (Lipinski definition) is 8. The zero-order valence-electron chi connectivity index (χ0n) is 28.8. The molecule has 260 valence electrons. The van der Waals surface area contributed by atoms with Crippen LogP contribution in [0.5, 0.6) is 5.75 Å². The monoisotopic (exact) mass is 688 g/mol. The number of thiocarbonyl (C=S) groups is 1. The number of ether oxygens (including phenoxy) is 2. The molecule has 2 aromatic rings. The smallest absolute Gasteiger partial charge is 0.419 e. The van der Waals surface area contributed by atoms with Crippen molar-refractivity contribution in [3.8, 4) is 11.8 Å². The molecule has 4 rings (SSSR count). The minimum Gasteiger partial charge on any atom is -0.489 e. The minimum absolute atomic E-state index is 0.0116. The molecule has 0 unspecified atom stereocenters. The van der Waals surface area contributed by atoms with Crippen molar-refractivity contribution in [2.24, 2.45) is 0 Å². The number of anilines is 2. The summed E-state index contributed by atoms with van der Waals surface area (Å²) in [5, 5.41) is 9.14. The molecule has 2 fully saturated rings. The van der Waals surface area contributed by atoms with Crippen molar-refractivity contribution in [3.05, 3.63) is 47.3 Å². The Kier molecular flexibility index (Phi) is 10.4. The third kappa shape index (κ3) is 7.52. The van der Waals surface area contributed by atoms with Crippen LogP contribution >= 0.6 is 12.2 Å². The fraction of sp³-hybridized carbons (Fsp3) is 0.559. The normalized spacial score (nSPS) is 20.9. The zero-order chi connectivity index (χ0) is 35.9. The number of hydrogen-bond donors (Lipinski definition) is 0. The number of benzene rings is 1. The Bertz CT molecular complexity index is 1610. The Hall–Kier alpha value is -3.96. The van der Waals surface area contributed by atoms with E-state index in [1.54, 1.807) is 29.7 Å². The summed E-state index contributed by atoms with van der Waals surface area (Å²) in [4.78, 5) is 36.8. The largest absolute Gasteiger partial charge is 0.489 e. The summed E-state index contributed by atoms with van der Waals surface area (Å²) in [6.07, 6.45) is -3.70. The first-order valence-corrected chi connectivity index (χ1v) is 16.3. The highest BCUT2D eigenvalue weighted by Crippen LogP contribution is 2.40. The molecule has 0 bridgehead atoms. The lowest BCUT2D eigenvalue weighted by molar-refractivity contribution is -0.138. The first kappa shape index (κ1) is 36.9. The van der Waals surface area contributed by atoms with Crippen LogP contribution in [-0.4, -0.2) is 80.9 Å². The molecule has 1 aromatic carbocycles. The van der Waals surface area contributed by atoms with Gasteiger partial charge in [-0.1, -0.05) is 6.92 Å². The van der Waals surface area contributed by atoms with E-state index in [4.69, 9.17) is 27.0 Å². The summed E-state index contributed by atoms with van der Waals surface area (Å²) in [5.74, 6) is 0.133. The van der Waals surface area contributed by atoms with Crippen LogP contribution < -0.4 is 14.5 Å². The van der Waals surface area contributed by atoms with Gasteiger partial charge >= 0.3 is 12.3 Å². The molecule has 3 atom stereocenters. The van der Waals surface area contributed by atoms with E-state index in [9.17, 15) is 22.8 Å². The maximum atomic E-state index is 13.7. The molecule has 0 aliphatic carbocycles. The molecule has 10 nitrogen and oxygen atoms in total. The lowest BCUT2D eigenvalue weighted by atomic mass is 10.0. The lowest BCUT2D eigenvalue weighted by Crippen LogP contribution is -2.60. The number of rotatable bonds is 7. The van der Waals surface area contributed by atoms with Crippen LogP contribution in [0, 0.1) is 11.3 Å². The summed E-state index contributed by atoms with van der Waals surface area (Å²) in [5.41, 5.74) is -2.57. The third-order valence-corrected chi connectivity index (χ3v) is 8.70. The number of carbonyl (C=O) groups is 2. The molecule has 0 N–H and O–H groups in total. The molecule has 0 saturated carbocycles. The SMILES string of the molecule is CCc1cc(N2C(=S)N(c3cnc(C#N)c(C(F)(F)F)c3)C(=O)C2(C)C)ccc1O[C@@H](C)CN1C[C@@H](C)N(C(=O)OC(C)(C)C)[C@@H](C)C1. The van der Waals surface area contributed by atoms with Crippen molar-refractivity contribution in [2.75, 3.05) is 29.4 Å². The topological polar surface area (TPSA) is 102 Å². The van der Waals surface area contributed by atoms with Gasteiger partial charge < -0.3 is 19.3 Å². The van der Waals surface area contributed by atoms with Gasteiger partial charge in [-0.2, -0.15) is 18.4 Å². The van der Waals surface area contributed by atoms with Crippen molar-refractivity contribution < 1.29 is 32.2 Å². The van der Waals surface area contributed by atoms with E-state index in [1.165, 1.54) is 6.07 Å². The number of carbonyl (C=O) groups excluding carboxylic acids is 2. The Morgan fingerprint density at radius 2 is 1.77 bits per heavy atom. The number of nitriles is 1. The van der Waals surface area contributed by atoms with Gasteiger partial charge in [0.2, 0.25) is 0 Å². The number of piperazine rings is 1. The summed E-state index contributed by atoms with van der Waals surface area (Å²) >= 11 is 5.68. The highest BCUT2D eigenvalue weighted by Gasteiger charge is 2.51. The Morgan fingerprint density at radius 3 is 2.31 bits per heavy atom. The van der Waals surface area contributed by atoms with Gasteiger partial charge in [-0.05, 0) is 104 Å². The third-order valence-electron chi connectivity index (χ3n) is 8.34. The first-order chi connectivity index (χ1) is 22.2. The average molecular weight is 689 g/mol. The van der Waals surface area contributed by atoms with Crippen LogP contribution in [0.25, 0.3) is 0 Å². The summed E-state index contributed by atoms with van der Waals surface area (Å²) in [6.45, 7) is 18.8. The molecular formula is C34H43F3N6O4S. The second-order valence-corrected chi connectivity index (χ2v) is 14.3. The quantitative estimate of drug-likeness (QED) is 0.300. The molecule has 2 aliphatic heterocycles. The molecule has 0 radical (unpaired) electrons. The van der Waals surface area contributed by atoms with E-state index < -0.39 is 34.5 Å². The van der Waals surface area contributed by atoms with E-state index in [2.05, 4.69) is 9.88 Å². The lowest BCUT2D eigenvalue weighted by Gasteiger charge is -2.45. The van der Waals surface area contributed by atoms with Gasteiger partial charge in [0.25, 0.3) is 5.91 Å². The number of nitrogens with zero attached hydrogens (tertiary/aromatic N) is 6. The van der Waals surface area contributed by atoms with Gasteiger partial charge in [-0.25, -0.2) is 9.78 Å². The summed E-state index contributed by atoms with van der Waals surface area (Å²) < 4.78 is 53.1. The van der Waals surface area contributed by atoms with E-state index in [1.807, 2.05) is 60.6 Å². The van der Waals surface area contributed by atoms with Crippen LogP contribution in [0.4, 0.5) is 29.3 Å². The van der Waals surface area contributed by atoms with E-state index >= 15 is 0 Å². The van der Waals surface area contributed by atoms with Gasteiger partial charge in [-0.15, -0.1) is 0 Å². The van der Waals surface area contributed by atoms with Gasteiger partial charge in [0, 0.05) is 37.4 Å². The molecule has 1 aromatic heterocycles. The van der Waals surface area contributed by atoms with Gasteiger partial charge in [0.05, 0.1) is 17.4 Å². The van der Waals surface area contributed by atoms with Crippen LogP contribution in [0.1, 0.15) is 79.1 Å². The van der Waals surface area contributed by atoms with Crippen LogP contribution in [0.15, 0.2) is 30.5 Å². The number of amides is 2. The molecule has 2 amide bonds. The maximum Gasteiger partial charge on any atom is 0.419 e. The number of alkyl halides is 3. The van der Waals surface area contributed by atoms with Crippen molar-refractivity contribution in [1.82, 2.24) is 14.8 Å². The van der Waals surface area contributed by atoms with Crippen LogP contribution in [0.2, 0.25) is 0 Å². The van der Waals surface area contributed by atoms with Gasteiger partial charge in [0.1, 0.15) is 29.1 Å². The second-order valence-electron chi connectivity index (χ2n) is 13.9. The van der Waals surface area contributed by atoms with Crippen molar-refractivity contribution in [1.29, 1.82) is 5.26 Å². The molecule has 0 spiro atoms. The molecule has 2 saturated heterocycles. The van der Waals surface area contributed by atoms with Crippen LogP contribution in [-0.2, 0) is 22.1 Å². The standard InChI is InChI=1S/C34H43F3N6O4S/c1-10-23-13-24(43-30(48)42(29(44)33(43,8)9)25-14-26(34(35,36)37)27(15-38)39-16-25)11-12-28(23)46-22(4)19-40-17-20(2)41(21(3)18-40)31(45)47-32(5,6)7/h11-14,16,20-22H,10,17-19H2,1-9H3/t20-,21+,22-/m0/s1. The molecular weight excluding hydrogens is 645 g/mol. The molecule has 14 heteroatoms. The highest BCUT2D eigenvalue weighted by molar-refractivity contribution is 7.81. The molecule has 3 heterocycles. The van der Waals surface area contributed by atoms with Crippen molar-refractivity contribution in [2.45, 2.75) is 104 Å². The first-order valence-electron chi connectivity index (χ1n) is 15.9. The van der Waals surface area contributed by atoms with Crippen LogP contribution in [0.3, 0.4) is 0 Å². The number of halogens is 3. The number of pyridine rings is 1. The highest BCUT2D eigenvalue weighted by atomic mass is 32.1. The Morgan fingerprint density at radius 1 is 1.15 bits per heavy atom. The van der Waals surface area contributed by atoms with Gasteiger partial charge in [0.15, 0.2) is 10.8 Å². The average Bonchev–Trinajstić information content (AvgIpc) is 3.13. The fourth-order valence-electron chi connectivity index (χ4n) is 6.31. The second kappa shape index (κ2) is 13.5. The van der Waals surface area contributed by atoms with Gasteiger partial charge in [-0.3, -0.25) is 14.6 Å². The summed E-state index contributed by atoms with van der Waals surface area (Å²) in [7, 11) is 0. The number of aryl methyl sites for hydroxylation is 1. The van der Waals surface area contributed by atoms with E-state index in [0.29, 0.717) is 37.5 Å². The predicted octanol–water partition coefficient (Wildman–Crippen LogP) is 6.55. The summed E-state index contributed by atoms with van der Waals surface area (Å²) in [6, 6.07) is 7.54. The van der Waals surface area contributed by atoms with E-state index in [-0.39, 0.29) is 35.1 Å². The maximum absolute atomic E-state index is 13.7. The van der Waals surface area contributed by atoms with Crippen molar-refractivity contribution in [3.63, 3.8) is 0 Å². The molecule has 48 heavy (non-hydrogen) atoms. The Labute approximate surface area is 285 Å². The Balaban J connectivity index is 1.51. The zero-order valence-corrected chi connectivity index (χ0v) is 29.6. The fourth-order valence-corrected chi connectivity index (χ4v) is 6.83. The minimum atomic E-state index is -4.85. The molecule has 2 aliphatic rings. The van der Waals surface area contributed by atoms with Crippen molar-refractivity contribution >= 4 is 40.7 Å². The van der Waals surface area contributed by atoms with E-state index in [0.717, 1.165) is 22.7 Å². The number of aromatic nitrogens is 1. The predicted molar refractivity (Wildman–Crippen MR) is 180 cm³/mol.